The molecule has 172 valence electrons. The molecule has 3 aliphatic rings. The van der Waals surface area contributed by atoms with Crippen LogP contribution >= 0.6 is 0 Å². The summed E-state index contributed by atoms with van der Waals surface area (Å²) in [5.41, 5.74) is 0.876. The first kappa shape index (κ1) is 23.7. The summed E-state index contributed by atoms with van der Waals surface area (Å²) in [6.45, 7) is 10.4. The fourth-order valence-corrected chi connectivity index (χ4v) is 5.69. The van der Waals surface area contributed by atoms with E-state index in [4.69, 9.17) is 4.74 Å². The van der Waals surface area contributed by atoms with Crippen LogP contribution in [0.5, 0.6) is 0 Å². The molecule has 0 radical (unpaired) electrons. The van der Waals surface area contributed by atoms with Gasteiger partial charge >= 0.3 is 5.97 Å². The van der Waals surface area contributed by atoms with Gasteiger partial charge in [0.1, 0.15) is 0 Å². The van der Waals surface area contributed by atoms with Crippen molar-refractivity contribution in [1.29, 1.82) is 0 Å². The Morgan fingerprint density at radius 1 is 1.26 bits per heavy atom. The average molecular weight is 432 g/mol. The molecule has 2 heterocycles. The topological polar surface area (TPSA) is 95.9 Å². The van der Waals surface area contributed by atoms with Gasteiger partial charge in [-0.1, -0.05) is 44.1 Å². The van der Waals surface area contributed by atoms with Crippen LogP contribution in [0.1, 0.15) is 53.9 Å². The van der Waals surface area contributed by atoms with Gasteiger partial charge in [-0.05, 0) is 56.9 Å². The molecule has 6 heteroatoms. The highest BCUT2D eigenvalue weighted by Crippen LogP contribution is 2.51. The van der Waals surface area contributed by atoms with Crippen molar-refractivity contribution in [2.45, 2.75) is 71.6 Å². The monoisotopic (exact) mass is 431 g/mol. The van der Waals surface area contributed by atoms with Gasteiger partial charge in [0, 0.05) is 30.6 Å². The highest BCUT2D eigenvalue weighted by Gasteiger charge is 2.64. The lowest BCUT2D eigenvalue weighted by molar-refractivity contribution is -0.172. The third-order valence-corrected chi connectivity index (χ3v) is 7.15. The Morgan fingerprint density at radius 2 is 1.97 bits per heavy atom. The normalized spacial score (nSPS) is 39.9. The van der Waals surface area contributed by atoms with Crippen molar-refractivity contribution in [2.24, 2.45) is 29.6 Å². The standard InChI is InChI=1S/C25H37NO5/c1-14(2)8-21-23-17(5)16(4)11-19-10-15(3)9-18(13-27)12-20(28)6-7-22(29)31-25(19,23)24(30)26-21/h6-7,10-11,14,17-21,23,27-28H,8-9,12-13H2,1-5H3,(H,26,30)/b7-6-,15-10?/t17-,18+,19+,20-,21+,23+,25-/m1/s1. The number of amides is 1. The van der Waals surface area contributed by atoms with E-state index < -0.39 is 17.7 Å². The van der Waals surface area contributed by atoms with Crippen LogP contribution in [0.2, 0.25) is 0 Å². The van der Waals surface area contributed by atoms with Gasteiger partial charge in [0.2, 0.25) is 5.60 Å². The minimum absolute atomic E-state index is 0.0538. The fourth-order valence-electron chi connectivity index (χ4n) is 5.69. The second-order valence-corrected chi connectivity index (χ2v) is 10.1. The van der Waals surface area contributed by atoms with Crippen molar-refractivity contribution in [3.8, 4) is 0 Å². The molecular formula is C25H37NO5. The molecular weight excluding hydrogens is 394 g/mol. The lowest BCUT2D eigenvalue weighted by atomic mass is 9.63. The summed E-state index contributed by atoms with van der Waals surface area (Å²) in [6.07, 6.45) is 7.61. The Labute approximate surface area is 185 Å². The Bertz CT molecular complexity index is 798. The first-order chi connectivity index (χ1) is 14.6. The second-order valence-electron chi connectivity index (χ2n) is 10.1. The van der Waals surface area contributed by atoms with E-state index in [0.717, 1.165) is 12.0 Å². The number of allylic oxidation sites excluding steroid dienone is 2. The van der Waals surface area contributed by atoms with Crippen LogP contribution in [0.3, 0.4) is 0 Å². The van der Waals surface area contributed by atoms with Crippen LogP contribution in [-0.2, 0) is 14.3 Å². The highest BCUT2D eigenvalue weighted by molar-refractivity contribution is 5.94. The summed E-state index contributed by atoms with van der Waals surface area (Å²) >= 11 is 0. The number of hydrogen-bond acceptors (Lipinski definition) is 5. The summed E-state index contributed by atoms with van der Waals surface area (Å²) in [7, 11) is 0. The van der Waals surface area contributed by atoms with Gasteiger partial charge in [0.15, 0.2) is 0 Å². The molecule has 6 nitrogen and oxygen atoms in total. The maximum Gasteiger partial charge on any atom is 0.331 e. The van der Waals surface area contributed by atoms with Crippen molar-refractivity contribution >= 4 is 11.9 Å². The Morgan fingerprint density at radius 3 is 2.61 bits per heavy atom. The molecule has 0 saturated carbocycles. The van der Waals surface area contributed by atoms with Crippen LogP contribution in [0.25, 0.3) is 0 Å². The van der Waals surface area contributed by atoms with Crippen LogP contribution in [0.15, 0.2) is 35.5 Å². The molecule has 3 rings (SSSR count). The third kappa shape index (κ3) is 4.65. The molecule has 0 bridgehead atoms. The molecule has 1 amide bonds. The minimum Gasteiger partial charge on any atom is -0.444 e. The SMILES string of the molecule is CC1=C[C@H]2C=C(C)[C@@H](C)[C@H]3[C@H](CC(C)C)NC(=O)[C@@]23OC(=O)/C=C\[C@@H](O)C[C@@H](CO)C1. The summed E-state index contributed by atoms with van der Waals surface area (Å²) in [5, 5.41) is 23.2. The van der Waals surface area contributed by atoms with Crippen LogP contribution < -0.4 is 5.32 Å². The van der Waals surface area contributed by atoms with E-state index in [9.17, 15) is 19.8 Å². The molecule has 0 aromatic heterocycles. The smallest absolute Gasteiger partial charge is 0.331 e. The molecule has 0 aromatic rings. The molecule has 3 N–H and O–H groups in total. The van der Waals surface area contributed by atoms with E-state index in [1.165, 1.54) is 17.7 Å². The van der Waals surface area contributed by atoms with Gasteiger partial charge in [-0.3, -0.25) is 4.79 Å². The maximum atomic E-state index is 13.5. The quantitative estimate of drug-likeness (QED) is 0.472. The molecule has 2 aliphatic heterocycles. The highest BCUT2D eigenvalue weighted by atomic mass is 16.6. The van der Waals surface area contributed by atoms with Crippen LogP contribution in [0.4, 0.5) is 0 Å². The maximum absolute atomic E-state index is 13.5. The predicted molar refractivity (Wildman–Crippen MR) is 119 cm³/mol. The number of aliphatic hydroxyl groups excluding tert-OH is 2. The summed E-state index contributed by atoms with van der Waals surface area (Å²) < 4.78 is 6.04. The van der Waals surface area contributed by atoms with Crippen molar-refractivity contribution in [2.75, 3.05) is 6.61 Å². The minimum atomic E-state index is -1.32. The average Bonchev–Trinajstić information content (AvgIpc) is 2.94. The van der Waals surface area contributed by atoms with Crippen molar-refractivity contribution in [3.05, 3.63) is 35.5 Å². The van der Waals surface area contributed by atoms with E-state index in [0.29, 0.717) is 18.8 Å². The number of ether oxygens (including phenoxy) is 1. The number of aliphatic hydroxyl groups is 2. The van der Waals surface area contributed by atoms with Gasteiger partial charge < -0.3 is 20.3 Å². The second kappa shape index (κ2) is 9.29. The lowest BCUT2D eigenvalue weighted by Crippen LogP contribution is -2.56. The third-order valence-electron chi connectivity index (χ3n) is 7.15. The lowest BCUT2D eigenvalue weighted by Gasteiger charge is -2.45. The number of carbonyl (C=O) groups excluding carboxylic acids is 2. The van der Waals surface area contributed by atoms with Gasteiger partial charge in [-0.25, -0.2) is 4.79 Å². The largest absolute Gasteiger partial charge is 0.444 e. The number of rotatable bonds is 3. The fraction of sp³-hybridized carbons (Fsp3) is 0.680. The molecule has 1 spiro atoms. The Balaban J connectivity index is 2.14. The van der Waals surface area contributed by atoms with E-state index in [-0.39, 0.29) is 42.2 Å². The van der Waals surface area contributed by atoms with Gasteiger partial charge in [0.25, 0.3) is 5.91 Å². The first-order valence-electron chi connectivity index (χ1n) is 11.4. The summed E-state index contributed by atoms with van der Waals surface area (Å²) in [4.78, 5) is 26.3. The van der Waals surface area contributed by atoms with Gasteiger partial charge in [-0.15, -0.1) is 0 Å². The summed E-state index contributed by atoms with van der Waals surface area (Å²) in [5.74, 6) is -1.10. The zero-order valence-electron chi connectivity index (χ0n) is 19.3. The molecule has 0 aromatic carbocycles. The molecule has 31 heavy (non-hydrogen) atoms. The van der Waals surface area contributed by atoms with Gasteiger partial charge in [-0.2, -0.15) is 0 Å². The van der Waals surface area contributed by atoms with E-state index in [1.54, 1.807) is 0 Å². The number of nitrogens with one attached hydrogen (secondary N) is 1. The zero-order chi connectivity index (χ0) is 22.9. The van der Waals surface area contributed by atoms with E-state index in [2.05, 4.69) is 39.1 Å². The van der Waals surface area contributed by atoms with E-state index in [1.807, 2.05) is 13.0 Å². The van der Waals surface area contributed by atoms with Gasteiger partial charge in [0.05, 0.1) is 6.10 Å². The molecule has 1 fully saturated rings. The number of hydrogen-bond donors (Lipinski definition) is 3. The van der Waals surface area contributed by atoms with Crippen molar-refractivity contribution in [3.63, 3.8) is 0 Å². The Hall–Kier alpha value is -1.92. The van der Waals surface area contributed by atoms with Crippen molar-refractivity contribution in [1.82, 2.24) is 5.32 Å². The number of carbonyl (C=O) groups is 2. The Kier molecular flexibility index (Phi) is 7.11. The van der Waals surface area contributed by atoms with Crippen molar-refractivity contribution < 1.29 is 24.5 Å². The zero-order valence-corrected chi connectivity index (χ0v) is 19.3. The molecule has 7 atom stereocenters. The van der Waals surface area contributed by atoms with Crippen LogP contribution in [0, 0.1) is 29.6 Å². The molecule has 1 saturated heterocycles. The molecule has 0 unspecified atom stereocenters. The number of esters is 1. The first-order valence-corrected chi connectivity index (χ1v) is 11.4. The molecule has 1 aliphatic carbocycles. The van der Waals surface area contributed by atoms with Crippen LogP contribution in [-0.4, -0.2) is 46.4 Å². The summed E-state index contributed by atoms with van der Waals surface area (Å²) in [6, 6.07) is -0.0807. The van der Waals surface area contributed by atoms with E-state index >= 15 is 0 Å². The predicted octanol–water partition coefficient (Wildman–Crippen LogP) is 2.91.